The van der Waals surface area contributed by atoms with Crippen molar-refractivity contribution < 1.29 is 4.79 Å². The van der Waals surface area contributed by atoms with E-state index < -0.39 is 0 Å². The first-order valence-electron chi connectivity index (χ1n) is 5.59. The fraction of sp³-hybridized carbons (Fsp3) is 0.417. The molecule has 3 rings (SSSR count). The monoisotopic (exact) mass is 217 g/mol. The van der Waals surface area contributed by atoms with Crippen LogP contribution in [0, 0.1) is 0 Å². The van der Waals surface area contributed by atoms with Crippen LogP contribution in [0.1, 0.15) is 16.8 Å². The average molecular weight is 217 g/mol. The van der Waals surface area contributed by atoms with E-state index in [1.165, 1.54) is 0 Å². The molecule has 4 heteroatoms. The van der Waals surface area contributed by atoms with Crippen molar-refractivity contribution in [2.45, 2.75) is 12.1 Å². The molecule has 1 spiro atoms. The second kappa shape index (κ2) is 3.22. The lowest BCUT2D eigenvalue weighted by Crippen LogP contribution is -2.59. The van der Waals surface area contributed by atoms with Gasteiger partial charge in [-0.05, 0) is 18.7 Å². The Hall–Kier alpha value is -1.55. The lowest BCUT2D eigenvalue weighted by atomic mass is 9.99. The molecule has 0 aliphatic carbocycles. The summed E-state index contributed by atoms with van der Waals surface area (Å²) in [6, 6.07) is 7.70. The quantitative estimate of drug-likeness (QED) is 0.678. The van der Waals surface area contributed by atoms with Gasteiger partial charge in [-0.2, -0.15) is 0 Å². The van der Waals surface area contributed by atoms with Crippen LogP contribution in [0.15, 0.2) is 24.3 Å². The molecule has 4 nitrogen and oxygen atoms in total. The molecule has 0 aromatic heterocycles. The molecule has 0 bridgehead atoms. The highest BCUT2D eigenvalue weighted by atomic mass is 16.2. The fourth-order valence-corrected chi connectivity index (χ4v) is 2.56. The SMILES string of the molecule is CN1C(=O)c2ccccc2NC12CCNC2. The third-order valence-corrected chi connectivity index (χ3v) is 3.60. The van der Waals surface area contributed by atoms with Gasteiger partial charge in [0.05, 0.1) is 5.56 Å². The number of anilines is 1. The highest BCUT2D eigenvalue weighted by Gasteiger charge is 2.44. The third kappa shape index (κ3) is 1.16. The fourth-order valence-electron chi connectivity index (χ4n) is 2.56. The van der Waals surface area contributed by atoms with Gasteiger partial charge in [0.1, 0.15) is 5.66 Å². The van der Waals surface area contributed by atoms with Gasteiger partial charge in [-0.25, -0.2) is 0 Å². The predicted molar refractivity (Wildman–Crippen MR) is 62.4 cm³/mol. The van der Waals surface area contributed by atoms with E-state index in [1.807, 2.05) is 36.2 Å². The van der Waals surface area contributed by atoms with Crippen molar-refractivity contribution in [3.63, 3.8) is 0 Å². The zero-order valence-electron chi connectivity index (χ0n) is 9.29. The van der Waals surface area contributed by atoms with Crippen LogP contribution in [0.5, 0.6) is 0 Å². The van der Waals surface area contributed by atoms with Crippen LogP contribution in [-0.2, 0) is 0 Å². The van der Waals surface area contributed by atoms with E-state index in [1.54, 1.807) is 0 Å². The zero-order valence-corrected chi connectivity index (χ0v) is 9.29. The zero-order chi connectivity index (χ0) is 11.2. The summed E-state index contributed by atoms with van der Waals surface area (Å²) in [7, 11) is 1.87. The van der Waals surface area contributed by atoms with Crippen molar-refractivity contribution in [2.24, 2.45) is 0 Å². The van der Waals surface area contributed by atoms with Gasteiger partial charge in [-0.1, -0.05) is 12.1 Å². The van der Waals surface area contributed by atoms with E-state index in [0.29, 0.717) is 0 Å². The van der Waals surface area contributed by atoms with Crippen LogP contribution in [0.25, 0.3) is 0 Å². The number of amides is 1. The molecule has 1 amide bonds. The molecule has 1 aromatic rings. The number of carbonyl (C=O) groups excluding carboxylic acids is 1. The number of fused-ring (bicyclic) bond motifs is 1. The molecule has 1 fully saturated rings. The number of para-hydroxylation sites is 1. The standard InChI is InChI=1S/C12H15N3O/c1-15-11(16)9-4-2-3-5-10(9)14-12(15)6-7-13-8-12/h2-5,13-14H,6-8H2,1H3. The molecule has 0 saturated carbocycles. The molecule has 1 aromatic carbocycles. The summed E-state index contributed by atoms with van der Waals surface area (Å²) in [6.45, 7) is 1.76. The molecule has 84 valence electrons. The second-order valence-electron chi connectivity index (χ2n) is 4.49. The summed E-state index contributed by atoms with van der Waals surface area (Å²) in [4.78, 5) is 14.1. The van der Waals surface area contributed by atoms with Crippen molar-refractivity contribution in [1.29, 1.82) is 0 Å². The van der Waals surface area contributed by atoms with Crippen molar-refractivity contribution >= 4 is 11.6 Å². The first-order valence-corrected chi connectivity index (χ1v) is 5.59. The Bertz CT molecular complexity index is 438. The third-order valence-electron chi connectivity index (χ3n) is 3.60. The number of carbonyl (C=O) groups is 1. The molecule has 1 unspecified atom stereocenters. The Morgan fingerprint density at radius 2 is 2.19 bits per heavy atom. The molecule has 1 atom stereocenters. The predicted octanol–water partition coefficient (Wildman–Crippen LogP) is 0.874. The van der Waals surface area contributed by atoms with Crippen LogP contribution in [0.2, 0.25) is 0 Å². The molecule has 2 aliphatic heterocycles. The second-order valence-corrected chi connectivity index (χ2v) is 4.49. The maximum Gasteiger partial charge on any atom is 0.257 e. The van der Waals surface area contributed by atoms with Gasteiger partial charge in [-0.3, -0.25) is 4.79 Å². The average Bonchev–Trinajstić information content (AvgIpc) is 2.76. The number of hydrogen-bond acceptors (Lipinski definition) is 3. The minimum atomic E-state index is -0.231. The summed E-state index contributed by atoms with van der Waals surface area (Å²) in [5, 5.41) is 6.80. The number of nitrogens with zero attached hydrogens (tertiary/aromatic N) is 1. The van der Waals surface area contributed by atoms with E-state index in [9.17, 15) is 4.79 Å². The van der Waals surface area contributed by atoms with E-state index in [2.05, 4.69) is 10.6 Å². The molecule has 2 N–H and O–H groups in total. The highest BCUT2D eigenvalue weighted by Crippen LogP contribution is 2.33. The Labute approximate surface area is 94.6 Å². The minimum Gasteiger partial charge on any atom is -0.361 e. The van der Waals surface area contributed by atoms with Crippen molar-refractivity contribution in [3.8, 4) is 0 Å². The Morgan fingerprint density at radius 1 is 1.38 bits per heavy atom. The van der Waals surface area contributed by atoms with Crippen LogP contribution in [-0.4, -0.2) is 36.6 Å². The molecule has 1 saturated heterocycles. The van der Waals surface area contributed by atoms with Crippen LogP contribution in [0.3, 0.4) is 0 Å². The number of hydrogen-bond donors (Lipinski definition) is 2. The van der Waals surface area contributed by atoms with E-state index >= 15 is 0 Å². The normalized spacial score (nSPS) is 28.1. The van der Waals surface area contributed by atoms with Crippen molar-refractivity contribution in [3.05, 3.63) is 29.8 Å². The van der Waals surface area contributed by atoms with E-state index in [-0.39, 0.29) is 11.6 Å². The van der Waals surface area contributed by atoms with E-state index in [4.69, 9.17) is 0 Å². The Morgan fingerprint density at radius 3 is 2.94 bits per heavy atom. The van der Waals surface area contributed by atoms with Gasteiger partial charge in [0.25, 0.3) is 5.91 Å². The van der Waals surface area contributed by atoms with Crippen molar-refractivity contribution in [1.82, 2.24) is 10.2 Å². The first-order chi connectivity index (χ1) is 7.73. The van der Waals surface area contributed by atoms with Crippen LogP contribution >= 0.6 is 0 Å². The van der Waals surface area contributed by atoms with Gasteiger partial charge in [0.15, 0.2) is 0 Å². The highest BCUT2D eigenvalue weighted by molar-refractivity contribution is 6.02. The smallest absolute Gasteiger partial charge is 0.257 e. The molecule has 16 heavy (non-hydrogen) atoms. The van der Waals surface area contributed by atoms with Crippen LogP contribution < -0.4 is 10.6 Å². The maximum atomic E-state index is 12.2. The molecule has 2 aliphatic rings. The number of benzene rings is 1. The van der Waals surface area contributed by atoms with Crippen LogP contribution in [0.4, 0.5) is 5.69 Å². The number of nitrogens with one attached hydrogen (secondary N) is 2. The van der Waals surface area contributed by atoms with Gasteiger partial charge in [-0.15, -0.1) is 0 Å². The van der Waals surface area contributed by atoms with Crippen molar-refractivity contribution in [2.75, 3.05) is 25.5 Å². The lowest BCUT2D eigenvalue weighted by molar-refractivity contribution is 0.0622. The largest absolute Gasteiger partial charge is 0.361 e. The summed E-state index contributed by atoms with van der Waals surface area (Å²) in [6.07, 6.45) is 0.948. The summed E-state index contributed by atoms with van der Waals surface area (Å²) in [5.74, 6) is 0.109. The van der Waals surface area contributed by atoms with Gasteiger partial charge >= 0.3 is 0 Å². The Kier molecular flexibility index (Phi) is 1.94. The first kappa shape index (κ1) is 9.66. The van der Waals surface area contributed by atoms with Gasteiger partial charge < -0.3 is 15.5 Å². The van der Waals surface area contributed by atoms with E-state index in [0.717, 1.165) is 30.8 Å². The Balaban J connectivity index is 2.08. The number of rotatable bonds is 0. The molecule has 0 radical (unpaired) electrons. The summed E-state index contributed by atoms with van der Waals surface area (Å²) < 4.78 is 0. The number of likely N-dealkylation sites (N-methyl/N-ethyl adjacent to an activating group) is 1. The lowest BCUT2D eigenvalue weighted by Gasteiger charge is -2.43. The topological polar surface area (TPSA) is 44.4 Å². The molecule has 2 heterocycles. The van der Waals surface area contributed by atoms with Gasteiger partial charge in [0, 0.05) is 25.7 Å². The molecular formula is C12H15N3O. The summed E-state index contributed by atoms with van der Waals surface area (Å²) >= 11 is 0. The minimum absolute atomic E-state index is 0.109. The summed E-state index contributed by atoms with van der Waals surface area (Å²) in [5.41, 5.74) is 1.49. The maximum absolute atomic E-state index is 12.2. The molecular weight excluding hydrogens is 202 g/mol. The van der Waals surface area contributed by atoms with Gasteiger partial charge in [0.2, 0.25) is 0 Å².